The number of hydrogen-bond donors (Lipinski definition) is 1. The second-order valence-electron chi connectivity index (χ2n) is 6.01. The molecule has 1 N–H and O–H groups in total. The van der Waals surface area contributed by atoms with Gasteiger partial charge in [0.2, 0.25) is 5.82 Å². The quantitative estimate of drug-likeness (QED) is 0.918. The van der Waals surface area contributed by atoms with E-state index in [4.69, 9.17) is 9.26 Å². The van der Waals surface area contributed by atoms with Crippen molar-refractivity contribution in [1.29, 1.82) is 0 Å². The van der Waals surface area contributed by atoms with E-state index in [0.29, 0.717) is 11.7 Å². The minimum absolute atomic E-state index is 0.404. The summed E-state index contributed by atoms with van der Waals surface area (Å²) in [5.74, 6) is 1.24. The molecule has 0 spiro atoms. The molecule has 0 aliphatic carbocycles. The lowest BCUT2D eigenvalue weighted by Crippen LogP contribution is -2.31. The Morgan fingerprint density at radius 1 is 1.29 bits per heavy atom. The summed E-state index contributed by atoms with van der Waals surface area (Å²) >= 11 is 0. The van der Waals surface area contributed by atoms with E-state index in [9.17, 15) is 0 Å². The van der Waals surface area contributed by atoms with Gasteiger partial charge in [-0.2, -0.15) is 4.98 Å². The zero-order valence-corrected chi connectivity index (χ0v) is 12.2. The van der Waals surface area contributed by atoms with Crippen molar-refractivity contribution in [2.45, 2.75) is 38.2 Å². The van der Waals surface area contributed by atoms with Gasteiger partial charge in [-0.1, -0.05) is 5.16 Å². The van der Waals surface area contributed by atoms with Gasteiger partial charge in [0.15, 0.2) is 0 Å². The third kappa shape index (κ3) is 2.21. The van der Waals surface area contributed by atoms with Gasteiger partial charge in [0, 0.05) is 24.4 Å². The number of ether oxygens (including phenoxy) is 1. The lowest BCUT2D eigenvalue weighted by atomic mass is 9.95. The van der Waals surface area contributed by atoms with Gasteiger partial charge in [0.05, 0.1) is 0 Å². The number of fused-ring (bicyclic) bond motifs is 1. The van der Waals surface area contributed by atoms with E-state index in [1.165, 1.54) is 11.3 Å². The summed E-state index contributed by atoms with van der Waals surface area (Å²) in [5.41, 5.74) is 3.10. The van der Waals surface area contributed by atoms with Gasteiger partial charge in [-0.05, 0) is 56.4 Å². The molecule has 5 heteroatoms. The van der Waals surface area contributed by atoms with Crippen molar-refractivity contribution in [1.82, 2.24) is 10.1 Å². The van der Waals surface area contributed by atoms with Crippen molar-refractivity contribution < 1.29 is 9.26 Å². The summed E-state index contributed by atoms with van der Waals surface area (Å²) in [7, 11) is 0. The fourth-order valence-corrected chi connectivity index (χ4v) is 3.10. The molecule has 3 heterocycles. The van der Waals surface area contributed by atoms with Crippen LogP contribution >= 0.6 is 0 Å². The van der Waals surface area contributed by atoms with Crippen molar-refractivity contribution in [3.8, 4) is 11.5 Å². The van der Waals surface area contributed by atoms with E-state index in [1.54, 1.807) is 0 Å². The van der Waals surface area contributed by atoms with E-state index < -0.39 is 5.60 Å². The fraction of sp³-hybridized carbons (Fsp3) is 0.500. The smallest absolute Gasteiger partial charge is 0.258 e. The van der Waals surface area contributed by atoms with E-state index in [2.05, 4.69) is 27.6 Å². The number of nitrogens with zero attached hydrogens (tertiary/aromatic N) is 2. The van der Waals surface area contributed by atoms with Crippen LogP contribution < -0.4 is 5.32 Å². The van der Waals surface area contributed by atoms with E-state index in [1.807, 2.05) is 13.0 Å². The summed E-state index contributed by atoms with van der Waals surface area (Å²) in [5, 5.41) is 7.51. The van der Waals surface area contributed by atoms with Gasteiger partial charge in [0.25, 0.3) is 5.89 Å². The van der Waals surface area contributed by atoms with Crippen LogP contribution in [-0.2, 0) is 16.8 Å². The highest BCUT2D eigenvalue weighted by Gasteiger charge is 2.35. The molecule has 0 saturated carbocycles. The van der Waals surface area contributed by atoms with E-state index in [-0.39, 0.29) is 0 Å². The maximum atomic E-state index is 5.88. The first-order chi connectivity index (χ1) is 10.2. The van der Waals surface area contributed by atoms with Crippen molar-refractivity contribution >= 4 is 5.69 Å². The Bertz CT molecular complexity index is 659. The van der Waals surface area contributed by atoms with Crippen LogP contribution in [0.15, 0.2) is 22.7 Å². The van der Waals surface area contributed by atoms with Crippen LogP contribution in [0.4, 0.5) is 5.69 Å². The molecule has 110 valence electrons. The summed E-state index contributed by atoms with van der Waals surface area (Å²) in [4.78, 5) is 4.58. The number of anilines is 1. The number of rotatable bonds is 2. The van der Waals surface area contributed by atoms with Crippen LogP contribution in [0.1, 0.15) is 37.6 Å². The molecule has 2 aliphatic heterocycles. The number of hydrogen-bond acceptors (Lipinski definition) is 5. The van der Waals surface area contributed by atoms with Crippen molar-refractivity contribution in [3.63, 3.8) is 0 Å². The number of nitrogens with one attached hydrogen (secondary N) is 1. The molecule has 1 aromatic heterocycles. The van der Waals surface area contributed by atoms with E-state index >= 15 is 0 Å². The molecule has 1 fully saturated rings. The molecule has 0 radical (unpaired) electrons. The maximum Gasteiger partial charge on any atom is 0.258 e. The number of aromatic nitrogens is 2. The van der Waals surface area contributed by atoms with Gasteiger partial charge in [-0.15, -0.1) is 0 Å². The van der Waals surface area contributed by atoms with Crippen LogP contribution in [0.3, 0.4) is 0 Å². The molecule has 4 rings (SSSR count). The molecule has 21 heavy (non-hydrogen) atoms. The minimum Gasteiger partial charge on any atom is -0.384 e. The molecule has 0 amide bonds. The SMILES string of the molecule is CC1(c2noc(-c3ccc4c(c3)CCN4)n2)CCCCO1. The second kappa shape index (κ2) is 4.84. The Hall–Kier alpha value is -1.88. The largest absolute Gasteiger partial charge is 0.384 e. The molecular formula is C16H19N3O2. The lowest BCUT2D eigenvalue weighted by molar-refractivity contribution is -0.0770. The fourth-order valence-electron chi connectivity index (χ4n) is 3.10. The summed E-state index contributed by atoms with van der Waals surface area (Å²) in [6.45, 7) is 3.82. The second-order valence-corrected chi connectivity index (χ2v) is 6.01. The van der Waals surface area contributed by atoms with Crippen molar-refractivity contribution in [2.75, 3.05) is 18.5 Å². The van der Waals surface area contributed by atoms with Gasteiger partial charge in [0.1, 0.15) is 5.60 Å². The van der Waals surface area contributed by atoms with Gasteiger partial charge in [-0.25, -0.2) is 0 Å². The van der Waals surface area contributed by atoms with Crippen LogP contribution in [0.25, 0.3) is 11.5 Å². The standard InChI is InChI=1S/C16H19N3O2/c1-16(7-2-3-9-20-16)15-18-14(21-19-15)12-4-5-13-11(10-12)6-8-17-13/h4-5,10,17H,2-3,6-9H2,1H3. The maximum absolute atomic E-state index is 5.88. The Kier molecular flexibility index (Phi) is 2.96. The minimum atomic E-state index is -0.404. The lowest BCUT2D eigenvalue weighted by Gasteiger charge is -2.30. The predicted molar refractivity (Wildman–Crippen MR) is 79.1 cm³/mol. The molecule has 1 atom stereocenters. The van der Waals surface area contributed by atoms with Gasteiger partial charge >= 0.3 is 0 Å². The van der Waals surface area contributed by atoms with Gasteiger partial charge in [-0.3, -0.25) is 0 Å². The van der Waals surface area contributed by atoms with Crippen LogP contribution in [0, 0.1) is 0 Å². The van der Waals surface area contributed by atoms with Crippen LogP contribution in [-0.4, -0.2) is 23.3 Å². The molecule has 0 bridgehead atoms. The first kappa shape index (κ1) is 12.8. The molecule has 5 nitrogen and oxygen atoms in total. The van der Waals surface area contributed by atoms with Crippen LogP contribution in [0.2, 0.25) is 0 Å². The van der Waals surface area contributed by atoms with Crippen LogP contribution in [0.5, 0.6) is 0 Å². The van der Waals surface area contributed by atoms with Crippen molar-refractivity contribution in [3.05, 3.63) is 29.6 Å². The summed E-state index contributed by atoms with van der Waals surface area (Å²) in [6.07, 6.45) is 4.24. The average Bonchev–Trinajstić information content (AvgIpc) is 3.17. The summed E-state index contributed by atoms with van der Waals surface area (Å²) < 4.78 is 11.3. The Balaban J connectivity index is 1.65. The monoisotopic (exact) mass is 285 g/mol. The highest BCUT2D eigenvalue weighted by molar-refractivity contribution is 5.65. The zero-order valence-electron chi connectivity index (χ0n) is 12.2. The first-order valence-electron chi connectivity index (χ1n) is 7.60. The molecule has 2 aliphatic rings. The normalized spacial score (nSPS) is 24.6. The highest BCUT2D eigenvalue weighted by Crippen LogP contribution is 2.34. The highest BCUT2D eigenvalue weighted by atomic mass is 16.5. The average molecular weight is 285 g/mol. The molecule has 1 unspecified atom stereocenters. The number of benzene rings is 1. The Morgan fingerprint density at radius 3 is 3.10 bits per heavy atom. The topological polar surface area (TPSA) is 60.2 Å². The third-order valence-electron chi connectivity index (χ3n) is 4.43. The van der Waals surface area contributed by atoms with Crippen molar-refractivity contribution in [2.24, 2.45) is 0 Å². The first-order valence-corrected chi connectivity index (χ1v) is 7.60. The molecule has 1 aromatic carbocycles. The summed E-state index contributed by atoms with van der Waals surface area (Å²) in [6, 6.07) is 6.25. The Labute approximate surface area is 123 Å². The van der Waals surface area contributed by atoms with Gasteiger partial charge < -0.3 is 14.6 Å². The predicted octanol–water partition coefficient (Wildman–Crippen LogP) is 3.12. The zero-order chi connectivity index (χ0) is 14.3. The molecular weight excluding hydrogens is 266 g/mol. The molecule has 1 saturated heterocycles. The Morgan fingerprint density at radius 2 is 2.24 bits per heavy atom. The third-order valence-corrected chi connectivity index (χ3v) is 4.43. The van der Waals surface area contributed by atoms with E-state index in [0.717, 1.165) is 44.4 Å². The molecule has 2 aromatic rings.